The summed E-state index contributed by atoms with van der Waals surface area (Å²) in [4.78, 5) is 13.0. The van der Waals surface area contributed by atoms with Gasteiger partial charge in [0, 0.05) is 15.7 Å². The van der Waals surface area contributed by atoms with E-state index in [1.54, 1.807) is 13.0 Å². The van der Waals surface area contributed by atoms with E-state index < -0.39 is 5.60 Å². The number of aliphatic hydroxyl groups is 1. The Morgan fingerprint density at radius 3 is 2.89 bits per heavy atom. The standard InChI is InChI=1S/C21H19NO4S/c1-21(24,19-11-15-4-2-3-5-18(15)27-19)12-22-20(23)9-7-14-6-8-16-17(10-14)26-13-25-16/h2-11,24H,12-13H2,1H3,(H,22,23)/b9-7+. The van der Waals surface area contributed by atoms with Gasteiger partial charge in [0.15, 0.2) is 11.5 Å². The molecule has 1 aliphatic heterocycles. The lowest BCUT2D eigenvalue weighted by Crippen LogP contribution is -2.37. The van der Waals surface area contributed by atoms with Gasteiger partial charge in [-0.2, -0.15) is 0 Å². The molecule has 0 aliphatic carbocycles. The summed E-state index contributed by atoms with van der Waals surface area (Å²) in [6.45, 7) is 2.06. The third-order valence-corrected chi connectivity index (χ3v) is 5.76. The van der Waals surface area contributed by atoms with E-state index in [2.05, 4.69) is 5.32 Å². The Kier molecular flexibility index (Phi) is 4.59. The van der Waals surface area contributed by atoms with Crippen molar-refractivity contribution >= 4 is 33.4 Å². The Balaban J connectivity index is 1.39. The van der Waals surface area contributed by atoms with Crippen molar-refractivity contribution in [3.63, 3.8) is 0 Å². The van der Waals surface area contributed by atoms with Crippen molar-refractivity contribution in [2.75, 3.05) is 13.3 Å². The van der Waals surface area contributed by atoms with Crippen LogP contribution in [0.25, 0.3) is 16.2 Å². The lowest BCUT2D eigenvalue weighted by molar-refractivity contribution is -0.117. The molecule has 0 radical (unpaired) electrons. The minimum absolute atomic E-state index is 0.129. The van der Waals surface area contributed by atoms with Crippen LogP contribution in [0.3, 0.4) is 0 Å². The summed E-state index contributed by atoms with van der Waals surface area (Å²) in [5.41, 5.74) is -0.294. The monoisotopic (exact) mass is 381 g/mol. The van der Waals surface area contributed by atoms with Gasteiger partial charge in [-0.25, -0.2) is 0 Å². The van der Waals surface area contributed by atoms with E-state index in [4.69, 9.17) is 9.47 Å². The molecular weight excluding hydrogens is 362 g/mol. The molecule has 0 spiro atoms. The summed E-state index contributed by atoms with van der Waals surface area (Å²) in [6.07, 6.45) is 3.14. The van der Waals surface area contributed by atoms with E-state index in [0.29, 0.717) is 11.5 Å². The first-order chi connectivity index (χ1) is 13.0. The minimum atomic E-state index is -1.13. The molecule has 0 fully saturated rings. The number of amides is 1. The van der Waals surface area contributed by atoms with Gasteiger partial charge in [0.1, 0.15) is 5.60 Å². The van der Waals surface area contributed by atoms with Gasteiger partial charge in [0.2, 0.25) is 12.7 Å². The molecule has 1 unspecified atom stereocenters. The maximum atomic E-state index is 12.1. The quantitative estimate of drug-likeness (QED) is 0.662. The van der Waals surface area contributed by atoms with Gasteiger partial charge in [-0.3, -0.25) is 4.79 Å². The van der Waals surface area contributed by atoms with Crippen LogP contribution in [0.15, 0.2) is 54.6 Å². The smallest absolute Gasteiger partial charge is 0.244 e. The Hall–Kier alpha value is -2.83. The van der Waals surface area contributed by atoms with Crippen molar-refractivity contribution in [1.29, 1.82) is 0 Å². The van der Waals surface area contributed by atoms with Crippen LogP contribution in [0, 0.1) is 0 Å². The van der Waals surface area contributed by atoms with Crippen LogP contribution in [-0.2, 0) is 10.4 Å². The number of nitrogens with one attached hydrogen (secondary N) is 1. The van der Waals surface area contributed by atoms with Gasteiger partial charge in [0.05, 0.1) is 6.54 Å². The van der Waals surface area contributed by atoms with Crippen molar-refractivity contribution in [3.8, 4) is 11.5 Å². The second-order valence-corrected chi connectivity index (χ2v) is 7.67. The van der Waals surface area contributed by atoms with E-state index in [1.807, 2.05) is 48.5 Å². The number of rotatable bonds is 5. The average molecular weight is 381 g/mol. The zero-order chi connectivity index (χ0) is 18.9. The predicted octanol–water partition coefficient (Wildman–Crippen LogP) is 3.67. The number of carbonyl (C=O) groups is 1. The van der Waals surface area contributed by atoms with Gasteiger partial charge in [-0.15, -0.1) is 11.3 Å². The van der Waals surface area contributed by atoms with Gasteiger partial charge in [-0.05, 0) is 48.2 Å². The number of carbonyl (C=O) groups excluding carboxylic acids is 1. The maximum absolute atomic E-state index is 12.1. The van der Waals surface area contributed by atoms with Gasteiger partial charge in [0.25, 0.3) is 0 Å². The third kappa shape index (κ3) is 3.82. The van der Waals surface area contributed by atoms with Crippen LogP contribution < -0.4 is 14.8 Å². The largest absolute Gasteiger partial charge is 0.454 e. The highest BCUT2D eigenvalue weighted by Gasteiger charge is 2.25. The maximum Gasteiger partial charge on any atom is 0.244 e. The molecule has 138 valence electrons. The summed E-state index contributed by atoms with van der Waals surface area (Å²) < 4.78 is 11.7. The van der Waals surface area contributed by atoms with E-state index in [0.717, 1.165) is 20.5 Å². The number of thiophene rings is 1. The Labute approximate surface area is 160 Å². The van der Waals surface area contributed by atoms with Crippen LogP contribution in [0.5, 0.6) is 11.5 Å². The Bertz CT molecular complexity index is 989. The molecule has 1 aliphatic rings. The summed E-state index contributed by atoms with van der Waals surface area (Å²) in [7, 11) is 0. The third-order valence-electron chi connectivity index (χ3n) is 4.39. The van der Waals surface area contributed by atoms with Gasteiger partial charge < -0.3 is 19.9 Å². The molecule has 5 nitrogen and oxygen atoms in total. The second-order valence-electron chi connectivity index (χ2n) is 6.59. The van der Waals surface area contributed by atoms with E-state index in [9.17, 15) is 9.90 Å². The summed E-state index contributed by atoms with van der Waals surface area (Å²) >= 11 is 1.53. The topological polar surface area (TPSA) is 67.8 Å². The van der Waals surface area contributed by atoms with Crippen molar-refractivity contribution in [2.45, 2.75) is 12.5 Å². The number of benzene rings is 2. The molecule has 0 bridgehead atoms. The van der Waals surface area contributed by atoms with Crippen LogP contribution in [0.2, 0.25) is 0 Å². The van der Waals surface area contributed by atoms with Gasteiger partial charge in [-0.1, -0.05) is 24.3 Å². The van der Waals surface area contributed by atoms with Crippen molar-refractivity contribution in [1.82, 2.24) is 5.32 Å². The zero-order valence-corrected chi connectivity index (χ0v) is 15.6. The number of fused-ring (bicyclic) bond motifs is 2. The highest BCUT2D eigenvalue weighted by atomic mass is 32.1. The predicted molar refractivity (Wildman–Crippen MR) is 106 cm³/mol. The van der Waals surface area contributed by atoms with E-state index in [1.165, 1.54) is 17.4 Å². The van der Waals surface area contributed by atoms with E-state index in [-0.39, 0.29) is 19.2 Å². The first-order valence-corrected chi connectivity index (χ1v) is 9.40. The highest BCUT2D eigenvalue weighted by molar-refractivity contribution is 7.19. The lowest BCUT2D eigenvalue weighted by Gasteiger charge is -2.21. The SMILES string of the molecule is CC(O)(CNC(=O)/C=C/c1ccc2c(c1)OCO2)c1cc2ccccc2s1. The molecule has 2 N–H and O–H groups in total. The molecule has 3 aromatic rings. The molecule has 1 aromatic heterocycles. The fourth-order valence-electron chi connectivity index (χ4n) is 2.84. The number of hydrogen-bond donors (Lipinski definition) is 2. The average Bonchev–Trinajstić information content (AvgIpc) is 3.31. The molecule has 27 heavy (non-hydrogen) atoms. The molecule has 1 atom stereocenters. The Morgan fingerprint density at radius 1 is 1.22 bits per heavy atom. The molecule has 0 saturated heterocycles. The summed E-state index contributed by atoms with van der Waals surface area (Å²) in [5, 5.41) is 14.6. The normalized spacial score (nSPS) is 15.2. The molecule has 2 aromatic carbocycles. The fourth-order valence-corrected chi connectivity index (χ4v) is 3.95. The first-order valence-electron chi connectivity index (χ1n) is 8.58. The molecule has 4 rings (SSSR count). The Morgan fingerprint density at radius 2 is 2.04 bits per heavy atom. The van der Waals surface area contributed by atoms with E-state index >= 15 is 0 Å². The summed E-state index contributed by atoms with van der Waals surface area (Å²) in [6, 6.07) is 15.4. The highest BCUT2D eigenvalue weighted by Crippen LogP contribution is 2.33. The number of hydrogen-bond acceptors (Lipinski definition) is 5. The molecule has 0 saturated carbocycles. The van der Waals surface area contributed by atoms with Gasteiger partial charge >= 0.3 is 0 Å². The van der Waals surface area contributed by atoms with Crippen molar-refractivity contribution in [3.05, 3.63) is 65.0 Å². The second kappa shape index (κ2) is 7.06. The van der Waals surface area contributed by atoms with Crippen LogP contribution in [0.1, 0.15) is 17.4 Å². The van der Waals surface area contributed by atoms with Crippen molar-refractivity contribution in [2.24, 2.45) is 0 Å². The molecular formula is C21H19NO4S. The first kappa shape index (κ1) is 17.6. The molecule has 2 heterocycles. The van der Waals surface area contributed by atoms with Crippen LogP contribution >= 0.6 is 11.3 Å². The summed E-state index contributed by atoms with van der Waals surface area (Å²) in [5.74, 6) is 1.11. The zero-order valence-electron chi connectivity index (χ0n) is 14.8. The lowest BCUT2D eigenvalue weighted by atomic mass is 10.0. The van der Waals surface area contributed by atoms with Crippen molar-refractivity contribution < 1.29 is 19.4 Å². The van der Waals surface area contributed by atoms with Crippen LogP contribution in [-0.4, -0.2) is 24.4 Å². The molecule has 6 heteroatoms. The van der Waals surface area contributed by atoms with Crippen LogP contribution in [0.4, 0.5) is 0 Å². The minimum Gasteiger partial charge on any atom is -0.454 e. The fraction of sp³-hybridized carbons (Fsp3) is 0.190. The molecule has 1 amide bonds. The number of ether oxygens (including phenoxy) is 2.